The summed E-state index contributed by atoms with van der Waals surface area (Å²) in [5.41, 5.74) is 2.45. The Bertz CT molecular complexity index is 452. The van der Waals surface area contributed by atoms with E-state index in [-0.39, 0.29) is 11.5 Å². The molecular formula is C10H10O3S. The minimum atomic E-state index is -2.41. The predicted octanol–water partition coefficient (Wildman–Crippen LogP) is 0.927. The molecule has 1 aliphatic carbocycles. The first-order valence-electron chi connectivity index (χ1n) is 4.43. The number of fused-ring (bicyclic) bond motifs is 1. The Balaban J connectivity index is 2.39. The molecule has 0 unspecified atom stereocenters. The molecule has 0 saturated heterocycles. The summed E-state index contributed by atoms with van der Waals surface area (Å²) in [6.07, 6.45) is 1.35. The number of rotatable bonds is 2. The maximum absolute atomic E-state index is 11.4. The summed E-state index contributed by atoms with van der Waals surface area (Å²) in [5, 5.41) is 0. The Labute approximate surface area is 83.7 Å². The van der Waals surface area contributed by atoms with E-state index in [0.717, 1.165) is 12.0 Å². The van der Waals surface area contributed by atoms with Crippen molar-refractivity contribution in [2.24, 2.45) is 0 Å². The Hall–Kier alpha value is -1.16. The first kappa shape index (κ1) is 9.40. The fraction of sp³-hybridized carbons (Fsp3) is 0.300. The smallest absolute Gasteiger partial charge is 0.163 e. The molecule has 0 fully saturated rings. The highest BCUT2D eigenvalue weighted by atomic mass is 32.2. The van der Waals surface area contributed by atoms with E-state index < -0.39 is 10.7 Å². The second kappa shape index (κ2) is 3.53. The number of aryl methyl sites for hydroxylation is 1. The van der Waals surface area contributed by atoms with Crippen LogP contribution in [0.25, 0.3) is 0 Å². The maximum atomic E-state index is 11.4. The molecule has 1 aromatic rings. The molecule has 4 heteroatoms. The summed E-state index contributed by atoms with van der Waals surface area (Å²) in [5.74, 6) is 0.151. The number of benzene rings is 1. The van der Waals surface area contributed by atoms with Gasteiger partial charge in [-0.25, -0.2) is 8.42 Å². The van der Waals surface area contributed by atoms with E-state index in [9.17, 15) is 13.2 Å². The number of Topliss-reactive ketones (excluding diaryl/α,β-unsaturated/α-hetero) is 1. The summed E-state index contributed by atoms with van der Waals surface area (Å²) < 4.78 is 21.0. The van der Waals surface area contributed by atoms with Gasteiger partial charge in [0.15, 0.2) is 5.78 Å². The van der Waals surface area contributed by atoms with Gasteiger partial charge in [0.2, 0.25) is 0 Å². The van der Waals surface area contributed by atoms with E-state index >= 15 is 0 Å². The molecule has 1 aromatic carbocycles. The molecule has 0 bridgehead atoms. The predicted molar refractivity (Wildman–Crippen MR) is 53.1 cm³/mol. The highest BCUT2D eigenvalue weighted by Gasteiger charge is 2.19. The molecule has 0 spiro atoms. The second-order valence-electron chi connectivity index (χ2n) is 3.41. The largest absolute Gasteiger partial charge is 0.294 e. The third kappa shape index (κ3) is 1.70. The standard InChI is InChI=1S/C10H10O3S/c11-10-4-3-8-2-1-7(5-9(8)10)6-14(12)13/h1-2,5,14H,3-4,6H2. The summed E-state index contributed by atoms with van der Waals surface area (Å²) in [7, 11) is -2.41. The van der Waals surface area contributed by atoms with Crippen LogP contribution in [0.3, 0.4) is 0 Å². The van der Waals surface area contributed by atoms with E-state index in [2.05, 4.69) is 0 Å². The summed E-state index contributed by atoms with van der Waals surface area (Å²) in [4.78, 5) is 11.4. The molecule has 0 amide bonds. The molecule has 0 aromatic heterocycles. The van der Waals surface area contributed by atoms with Crippen molar-refractivity contribution in [2.45, 2.75) is 18.6 Å². The van der Waals surface area contributed by atoms with Crippen LogP contribution >= 0.6 is 0 Å². The van der Waals surface area contributed by atoms with Gasteiger partial charge >= 0.3 is 0 Å². The molecule has 0 aliphatic heterocycles. The topological polar surface area (TPSA) is 51.2 Å². The number of thiol groups is 1. The lowest BCUT2D eigenvalue weighted by atomic mass is 10.1. The molecule has 0 saturated carbocycles. The van der Waals surface area contributed by atoms with Crippen LogP contribution in [0.4, 0.5) is 0 Å². The van der Waals surface area contributed by atoms with Crippen LogP contribution in [0, 0.1) is 0 Å². The third-order valence-electron chi connectivity index (χ3n) is 2.41. The lowest BCUT2D eigenvalue weighted by Gasteiger charge is -1.99. The van der Waals surface area contributed by atoms with Gasteiger partial charge in [0.05, 0.1) is 5.75 Å². The van der Waals surface area contributed by atoms with Gasteiger partial charge in [-0.1, -0.05) is 12.1 Å². The fourth-order valence-electron chi connectivity index (χ4n) is 1.73. The van der Waals surface area contributed by atoms with Gasteiger partial charge in [0.1, 0.15) is 10.7 Å². The van der Waals surface area contributed by atoms with Gasteiger partial charge in [-0.2, -0.15) is 0 Å². The minimum Gasteiger partial charge on any atom is -0.294 e. The van der Waals surface area contributed by atoms with Crippen molar-refractivity contribution < 1.29 is 13.2 Å². The summed E-state index contributed by atoms with van der Waals surface area (Å²) in [6, 6.07) is 5.34. The van der Waals surface area contributed by atoms with E-state index in [1.807, 2.05) is 6.07 Å². The zero-order chi connectivity index (χ0) is 10.1. The van der Waals surface area contributed by atoms with Crippen LogP contribution in [-0.4, -0.2) is 14.2 Å². The number of carbonyl (C=O) groups excluding carboxylic acids is 1. The van der Waals surface area contributed by atoms with Crippen LogP contribution in [0.1, 0.15) is 27.9 Å². The molecule has 0 N–H and O–H groups in total. The molecule has 0 radical (unpaired) electrons. The zero-order valence-corrected chi connectivity index (χ0v) is 8.42. The molecule has 14 heavy (non-hydrogen) atoms. The van der Waals surface area contributed by atoms with Crippen molar-refractivity contribution in [3.05, 3.63) is 34.9 Å². The average Bonchev–Trinajstić information content (AvgIpc) is 2.47. The number of ketones is 1. The molecule has 3 nitrogen and oxygen atoms in total. The average molecular weight is 210 g/mol. The number of hydrogen-bond acceptors (Lipinski definition) is 3. The van der Waals surface area contributed by atoms with E-state index in [0.29, 0.717) is 17.5 Å². The van der Waals surface area contributed by atoms with Crippen molar-refractivity contribution in [1.29, 1.82) is 0 Å². The SMILES string of the molecule is O=C1CCc2ccc(C[SH](=O)=O)cc21. The number of hydrogen-bond donors (Lipinski definition) is 1. The molecule has 0 atom stereocenters. The van der Waals surface area contributed by atoms with Gasteiger partial charge in [-0.05, 0) is 23.6 Å². The van der Waals surface area contributed by atoms with Crippen LogP contribution in [0.15, 0.2) is 18.2 Å². The molecular weight excluding hydrogens is 200 g/mol. The Kier molecular flexibility index (Phi) is 2.37. The molecule has 2 rings (SSSR count). The van der Waals surface area contributed by atoms with Crippen molar-refractivity contribution in [3.8, 4) is 0 Å². The molecule has 1 aliphatic rings. The quantitative estimate of drug-likeness (QED) is 0.739. The van der Waals surface area contributed by atoms with Crippen molar-refractivity contribution in [1.82, 2.24) is 0 Å². The fourth-order valence-corrected chi connectivity index (χ4v) is 2.23. The van der Waals surface area contributed by atoms with Crippen molar-refractivity contribution in [3.63, 3.8) is 0 Å². The molecule has 0 heterocycles. The van der Waals surface area contributed by atoms with Gasteiger partial charge in [0.25, 0.3) is 0 Å². The van der Waals surface area contributed by atoms with Gasteiger partial charge in [-0.15, -0.1) is 0 Å². The zero-order valence-electron chi connectivity index (χ0n) is 7.53. The van der Waals surface area contributed by atoms with Crippen molar-refractivity contribution >= 4 is 16.5 Å². The summed E-state index contributed by atoms with van der Waals surface area (Å²) in [6.45, 7) is 0. The highest BCUT2D eigenvalue weighted by Crippen LogP contribution is 2.23. The van der Waals surface area contributed by atoms with Gasteiger partial charge in [0, 0.05) is 12.0 Å². The van der Waals surface area contributed by atoms with E-state index in [1.54, 1.807) is 12.1 Å². The van der Waals surface area contributed by atoms with Gasteiger partial charge < -0.3 is 0 Å². The number of carbonyl (C=O) groups is 1. The van der Waals surface area contributed by atoms with Gasteiger partial charge in [-0.3, -0.25) is 4.79 Å². The monoisotopic (exact) mass is 210 g/mol. The summed E-state index contributed by atoms with van der Waals surface area (Å²) >= 11 is 0. The Morgan fingerprint density at radius 1 is 1.21 bits per heavy atom. The third-order valence-corrected chi connectivity index (χ3v) is 3.03. The lowest BCUT2D eigenvalue weighted by molar-refractivity contribution is 0.0994. The highest BCUT2D eigenvalue weighted by molar-refractivity contribution is 7.71. The first-order chi connectivity index (χ1) is 6.66. The maximum Gasteiger partial charge on any atom is 0.163 e. The first-order valence-corrected chi connectivity index (χ1v) is 5.80. The van der Waals surface area contributed by atoms with E-state index in [1.165, 1.54) is 0 Å². The normalized spacial score (nSPS) is 14.8. The Morgan fingerprint density at radius 2 is 2.00 bits per heavy atom. The van der Waals surface area contributed by atoms with Crippen LogP contribution in [0.5, 0.6) is 0 Å². The van der Waals surface area contributed by atoms with E-state index in [4.69, 9.17) is 0 Å². The molecule has 74 valence electrons. The van der Waals surface area contributed by atoms with Crippen LogP contribution in [0.2, 0.25) is 0 Å². The van der Waals surface area contributed by atoms with Crippen LogP contribution < -0.4 is 0 Å². The second-order valence-corrected chi connectivity index (χ2v) is 4.39. The Morgan fingerprint density at radius 3 is 2.71 bits per heavy atom. The van der Waals surface area contributed by atoms with Crippen molar-refractivity contribution in [2.75, 3.05) is 0 Å². The van der Waals surface area contributed by atoms with Crippen LogP contribution in [-0.2, 0) is 22.9 Å². The minimum absolute atomic E-state index is 0.0237. The lowest BCUT2D eigenvalue weighted by Crippen LogP contribution is -1.94.